The molecule has 1 aromatic rings. The zero-order chi connectivity index (χ0) is 8.84. The quantitative estimate of drug-likeness (QED) is 0.659. The van der Waals surface area contributed by atoms with Crippen molar-refractivity contribution >= 4 is 17.3 Å². The fraction of sp³-hybridized carbons (Fsp3) is 0.400. The van der Waals surface area contributed by atoms with Gasteiger partial charge in [-0.05, 0) is 12.1 Å². The van der Waals surface area contributed by atoms with E-state index >= 15 is 0 Å². The number of fused-ring (bicyclic) bond motifs is 3. The molecule has 2 unspecified atom stereocenters. The molecule has 2 heterocycles. The predicted octanol–water partition coefficient (Wildman–Crippen LogP) is 1.82. The third-order valence-corrected chi connectivity index (χ3v) is 3.31. The summed E-state index contributed by atoms with van der Waals surface area (Å²) in [5, 5.41) is 7.77. The summed E-state index contributed by atoms with van der Waals surface area (Å²) in [7, 11) is 0. The van der Waals surface area contributed by atoms with Crippen LogP contribution in [-0.4, -0.2) is 19.1 Å². The Labute approximate surface area is 82.3 Å². The van der Waals surface area contributed by atoms with Gasteiger partial charge in [0.05, 0.1) is 0 Å². The molecule has 3 rings (SSSR count). The van der Waals surface area contributed by atoms with Gasteiger partial charge >= 0.3 is 0 Å². The molecule has 3 heteroatoms. The van der Waals surface area contributed by atoms with Crippen molar-refractivity contribution < 1.29 is 0 Å². The first-order valence-corrected chi connectivity index (χ1v) is 5.00. The molecule has 1 fully saturated rings. The summed E-state index contributed by atoms with van der Waals surface area (Å²) in [6, 6.07) is 6.64. The van der Waals surface area contributed by atoms with Crippen LogP contribution in [0.2, 0.25) is 5.02 Å². The van der Waals surface area contributed by atoms with Gasteiger partial charge in [-0.1, -0.05) is 17.7 Å². The van der Waals surface area contributed by atoms with Crippen molar-refractivity contribution in [1.82, 2.24) is 5.32 Å². The highest BCUT2D eigenvalue weighted by molar-refractivity contribution is 6.32. The smallest absolute Gasteiger partial charge is 0.0468 e. The highest BCUT2D eigenvalue weighted by Gasteiger charge is 2.36. The maximum atomic E-state index is 6.17. The SMILES string of the molecule is Clc1cccc2c1C1CNCC1N2. The van der Waals surface area contributed by atoms with Crippen molar-refractivity contribution in [2.75, 3.05) is 18.4 Å². The molecule has 2 aliphatic rings. The lowest BCUT2D eigenvalue weighted by Gasteiger charge is -2.07. The second kappa shape index (κ2) is 2.63. The molecular weight excluding hydrogens is 184 g/mol. The van der Waals surface area contributed by atoms with E-state index in [0.717, 1.165) is 18.1 Å². The van der Waals surface area contributed by atoms with Crippen LogP contribution in [0.3, 0.4) is 0 Å². The monoisotopic (exact) mass is 194 g/mol. The van der Waals surface area contributed by atoms with E-state index in [2.05, 4.69) is 16.7 Å². The second-order valence-corrected chi connectivity index (χ2v) is 4.12. The van der Waals surface area contributed by atoms with Crippen molar-refractivity contribution in [1.29, 1.82) is 0 Å². The van der Waals surface area contributed by atoms with Crippen LogP contribution in [0.1, 0.15) is 11.5 Å². The van der Waals surface area contributed by atoms with Gasteiger partial charge in [0.1, 0.15) is 0 Å². The lowest BCUT2D eigenvalue weighted by Crippen LogP contribution is -2.20. The third-order valence-electron chi connectivity index (χ3n) is 2.98. The molecule has 1 aromatic carbocycles. The van der Waals surface area contributed by atoms with E-state index in [1.165, 1.54) is 11.3 Å². The fourth-order valence-corrected chi connectivity index (χ4v) is 2.69. The zero-order valence-corrected chi connectivity index (χ0v) is 7.93. The topological polar surface area (TPSA) is 24.1 Å². The number of halogens is 1. The van der Waals surface area contributed by atoms with Gasteiger partial charge in [0.2, 0.25) is 0 Å². The van der Waals surface area contributed by atoms with Gasteiger partial charge in [-0.3, -0.25) is 0 Å². The van der Waals surface area contributed by atoms with E-state index in [-0.39, 0.29) is 0 Å². The zero-order valence-electron chi connectivity index (χ0n) is 7.18. The maximum absolute atomic E-state index is 6.17. The summed E-state index contributed by atoms with van der Waals surface area (Å²) < 4.78 is 0. The largest absolute Gasteiger partial charge is 0.380 e. The summed E-state index contributed by atoms with van der Waals surface area (Å²) in [5.41, 5.74) is 2.53. The maximum Gasteiger partial charge on any atom is 0.0468 e. The molecule has 0 radical (unpaired) electrons. The summed E-state index contributed by atoms with van der Waals surface area (Å²) >= 11 is 6.17. The van der Waals surface area contributed by atoms with Gasteiger partial charge in [-0.2, -0.15) is 0 Å². The van der Waals surface area contributed by atoms with Crippen LogP contribution in [0, 0.1) is 0 Å². The van der Waals surface area contributed by atoms with E-state index in [0.29, 0.717) is 12.0 Å². The van der Waals surface area contributed by atoms with Crippen LogP contribution in [0.15, 0.2) is 18.2 Å². The van der Waals surface area contributed by atoms with Gasteiger partial charge < -0.3 is 10.6 Å². The Morgan fingerprint density at radius 3 is 3.15 bits per heavy atom. The first-order valence-electron chi connectivity index (χ1n) is 4.62. The highest BCUT2D eigenvalue weighted by atomic mass is 35.5. The lowest BCUT2D eigenvalue weighted by molar-refractivity contribution is 0.736. The Hall–Kier alpha value is -0.730. The first kappa shape index (κ1) is 7.65. The molecule has 2 nitrogen and oxygen atoms in total. The van der Waals surface area contributed by atoms with Crippen LogP contribution >= 0.6 is 11.6 Å². The molecule has 0 amide bonds. The first-order chi connectivity index (χ1) is 6.36. The fourth-order valence-electron chi connectivity index (χ4n) is 2.37. The van der Waals surface area contributed by atoms with Gasteiger partial charge in [-0.25, -0.2) is 0 Å². The molecular formula is C10H11ClN2. The van der Waals surface area contributed by atoms with Crippen LogP contribution in [0.5, 0.6) is 0 Å². The summed E-state index contributed by atoms with van der Waals surface area (Å²) in [6.07, 6.45) is 0. The van der Waals surface area contributed by atoms with Crippen LogP contribution in [0.4, 0.5) is 5.69 Å². The summed E-state index contributed by atoms with van der Waals surface area (Å²) in [5.74, 6) is 0.573. The van der Waals surface area contributed by atoms with Gasteiger partial charge in [0.15, 0.2) is 0 Å². The number of hydrogen-bond acceptors (Lipinski definition) is 2. The van der Waals surface area contributed by atoms with Crippen molar-refractivity contribution in [2.45, 2.75) is 12.0 Å². The molecule has 0 bridgehead atoms. The van der Waals surface area contributed by atoms with Crippen LogP contribution in [-0.2, 0) is 0 Å². The number of nitrogens with one attached hydrogen (secondary N) is 2. The van der Waals surface area contributed by atoms with Crippen molar-refractivity contribution in [3.8, 4) is 0 Å². The van der Waals surface area contributed by atoms with Gasteiger partial charge in [0.25, 0.3) is 0 Å². The van der Waals surface area contributed by atoms with Crippen molar-refractivity contribution in [3.05, 3.63) is 28.8 Å². The minimum atomic E-state index is 0.551. The molecule has 2 N–H and O–H groups in total. The highest BCUT2D eigenvalue weighted by Crippen LogP contribution is 2.41. The molecule has 0 saturated carbocycles. The van der Waals surface area contributed by atoms with Gasteiger partial charge in [0, 0.05) is 41.3 Å². The second-order valence-electron chi connectivity index (χ2n) is 3.72. The van der Waals surface area contributed by atoms with Crippen molar-refractivity contribution in [3.63, 3.8) is 0 Å². The molecule has 2 aliphatic heterocycles. The minimum absolute atomic E-state index is 0.551. The number of anilines is 1. The Morgan fingerprint density at radius 2 is 2.23 bits per heavy atom. The van der Waals surface area contributed by atoms with E-state index < -0.39 is 0 Å². The molecule has 0 spiro atoms. The Bertz CT molecular complexity index is 351. The molecule has 68 valence electrons. The van der Waals surface area contributed by atoms with Gasteiger partial charge in [-0.15, -0.1) is 0 Å². The molecule has 0 aromatic heterocycles. The number of rotatable bonds is 0. The average Bonchev–Trinajstić information content (AvgIpc) is 2.62. The minimum Gasteiger partial charge on any atom is -0.380 e. The number of benzene rings is 1. The summed E-state index contributed by atoms with van der Waals surface area (Å²) in [4.78, 5) is 0. The lowest BCUT2D eigenvalue weighted by atomic mass is 9.98. The molecule has 2 atom stereocenters. The van der Waals surface area contributed by atoms with Crippen LogP contribution < -0.4 is 10.6 Å². The standard InChI is InChI=1S/C10H11ClN2/c11-7-2-1-3-8-10(7)6-4-12-5-9(6)13-8/h1-3,6,9,12-13H,4-5H2. The normalized spacial score (nSPS) is 29.6. The van der Waals surface area contributed by atoms with Crippen molar-refractivity contribution in [2.24, 2.45) is 0 Å². The Balaban J connectivity index is 2.14. The van der Waals surface area contributed by atoms with E-state index in [1.807, 2.05) is 12.1 Å². The molecule has 0 aliphatic carbocycles. The Morgan fingerprint density at radius 1 is 1.31 bits per heavy atom. The van der Waals surface area contributed by atoms with E-state index in [4.69, 9.17) is 11.6 Å². The molecule has 1 saturated heterocycles. The third kappa shape index (κ3) is 0.990. The van der Waals surface area contributed by atoms with E-state index in [9.17, 15) is 0 Å². The number of hydrogen-bond donors (Lipinski definition) is 2. The molecule has 13 heavy (non-hydrogen) atoms. The average molecular weight is 195 g/mol. The Kier molecular flexibility index (Phi) is 1.55. The predicted molar refractivity (Wildman–Crippen MR) is 54.5 cm³/mol. The van der Waals surface area contributed by atoms with Crippen LogP contribution in [0.25, 0.3) is 0 Å². The van der Waals surface area contributed by atoms with E-state index in [1.54, 1.807) is 0 Å². The summed E-state index contributed by atoms with van der Waals surface area (Å²) in [6.45, 7) is 2.10.